The van der Waals surface area contributed by atoms with Crippen LogP contribution in [0.2, 0.25) is 5.02 Å². The maximum absolute atomic E-state index is 8.12. The van der Waals surface area contributed by atoms with Crippen LogP contribution in [0.1, 0.15) is 31.2 Å². The molecule has 0 spiro atoms. The van der Waals surface area contributed by atoms with Gasteiger partial charge in [0.1, 0.15) is 0 Å². The highest BCUT2D eigenvalue weighted by atomic mass is 79.9. The van der Waals surface area contributed by atoms with E-state index in [0.29, 0.717) is 0 Å². The van der Waals surface area contributed by atoms with Gasteiger partial charge in [0.2, 0.25) is 0 Å². The molecular formula is C10H12BrClO2S. The summed E-state index contributed by atoms with van der Waals surface area (Å²) in [4.78, 5) is 17.5. The lowest BCUT2D eigenvalue weighted by Gasteiger charge is -2.16. The molecule has 0 aliphatic rings. The summed E-state index contributed by atoms with van der Waals surface area (Å²) in [6.45, 7) is 6.55. The van der Waals surface area contributed by atoms with Crippen molar-refractivity contribution in [2.75, 3.05) is 0 Å². The fourth-order valence-electron chi connectivity index (χ4n) is 0.976. The first-order valence-corrected chi connectivity index (χ1v) is 6.58. The molecule has 84 valence electrons. The van der Waals surface area contributed by atoms with Gasteiger partial charge in [-0.1, -0.05) is 48.3 Å². The molecule has 0 unspecified atom stereocenters. The summed E-state index contributed by atoms with van der Waals surface area (Å²) in [5.41, 5.74) is 1.37. The predicted octanol–water partition coefficient (Wildman–Crippen LogP) is 4.01. The fourth-order valence-corrected chi connectivity index (χ4v) is 3.45. The minimum Gasteiger partial charge on any atom is -0.186 e. The molecule has 0 amide bonds. The van der Waals surface area contributed by atoms with Gasteiger partial charge in [-0.25, -0.2) is 0 Å². The smallest absolute Gasteiger partial charge is 0.186 e. The third-order valence-electron chi connectivity index (χ3n) is 1.63. The van der Waals surface area contributed by atoms with Crippen molar-refractivity contribution in [1.29, 1.82) is 0 Å². The first kappa shape index (κ1) is 14.8. The Labute approximate surface area is 107 Å². The van der Waals surface area contributed by atoms with E-state index in [2.05, 4.69) is 42.1 Å². The van der Waals surface area contributed by atoms with Crippen LogP contribution in [0, 0.1) is 0 Å². The van der Waals surface area contributed by atoms with E-state index >= 15 is 0 Å². The van der Waals surface area contributed by atoms with Crippen LogP contribution in [0.25, 0.3) is 0 Å². The van der Waals surface area contributed by atoms with Crippen molar-refractivity contribution in [1.82, 2.24) is 0 Å². The molecule has 5 heteroatoms. The van der Waals surface area contributed by atoms with Crippen LogP contribution in [0.3, 0.4) is 0 Å². The quantitative estimate of drug-likeness (QED) is 0.734. The van der Waals surface area contributed by atoms with Gasteiger partial charge < -0.3 is 0 Å². The lowest BCUT2D eigenvalue weighted by Crippen LogP contribution is -2.09. The van der Waals surface area contributed by atoms with Crippen LogP contribution in [-0.2, 0) is 20.3 Å². The highest BCUT2D eigenvalue weighted by Gasteiger charge is 2.20. The lowest BCUT2D eigenvalue weighted by molar-refractivity contribution is -0.191. The van der Waals surface area contributed by atoms with Crippen LogP contribution in [0.15, 0.2) is 5.38 Å². The molecule has 1 heterocycles. The molecule has 0 bridgehead atoms. The highest BCUT2D eigenvalue weighted by Crippen LogP contribution is 2.37. The molecule has 0 N–H and O–H groups in total. The number of hydrogen-bond donors (Lipinski definition) is 0. The van der Waals surface area contributed by atoms with E-state index < -0.39 is 0 Å². The molecule has 0 fully saturated rings. The largest absolute Gasteiger partial charge is 0.373 e. The Morgan fingerprint density at radius 3 is 2.13 bits per heavy atom. The molecule has 1 aromatic rings. The van der Waals surface area contributed by atoms with E-state index in [9.17, 15) is 0 Å². The van der Waals surface area contributed by atoms with Crippen LogP contribution in [0.5, 0.6) is 0 Å². The minimum atomic E-state index is 0.169. The van der Waals surface area contributed by atoms with Crippen molar-refractivity contribution in [2.45, 2.75) is 31.5 Å². The minimum absolute atomic E-state index is 0.169. The average molecular weight is 312 g/mol. The second kappa shape index (κ2) is 6.44. The van der Waals surface area contributed by atoms with Crippen molar-refractivity contribution >= 4 is 45.0 Å². The predicted molar refractivity (Wildman–Crippen MR) is 65.7 cm³/mol. The number of alkyl halides is 1. The van der Waals surface area contributed by atoms with E-state index in [4.69, 9.17) is 21.2 Å². The summed E-state index contributed by atoms with van der Waals surface area (Å²) in [6, 6.07) is 0. The molecule has 0 aliphatic heterocycles. The van der Waals surface area contributed by atoms with Gasteiger partial charge in [0, 0.05) is 10.2 Å². The van der Waals surface area contributed by atoms with Gasteiger partial charge in [-0.15, -0.1) is 11.3 Å². The Balaban J connectivity index is 0.000000583. The number of thiophene rings is 1. The summed E-state index contributed by atoms with van der Waals surface area (Å²) in [5.74, 6) is 0. The van der Waals surface area contributed by atoms with Crippen molar-refractivity contribution in [3.05, 3.63) is 20.8 Å². The van der Waals surface area contributed by atoms with Gasteiger partial charge in [0.15, 0.2) is 0 Å². The first-order valence-electron chi connectivity index (χ1n) is 4.20. The summed E-state index contributed by atoms with van der Waals surface area (Å²) >= 11 is 11.3. The maximum Gasteiger partial charge on any atom is 0.373 e. The number of carbonyl (C=O) groups excluding carboxylic acids is 2. The molecule has 2 nitrogen and oxygen atoms in total. The molecule has 1 rings (SSSR count). The molecule has 1 aromatic heterocycles. The molecule has 15 heavy (non-hydrogen) atoms. The zero-order valence-electron chi connectivity index (χ0n) is 8.77. The second-order valence-electron chi connectivity index (χ2n) is 3.87. The Hall–Kier alpha value is -0.150. The summed E-state index contributed by atoms with van der Waals surface area (Å²) in [6.07, 6.45) is 0.250. The Kier molecular flexibility index (Phi) is 6.37. The molecule has 0 atom stereocenters. The number of rotatable bonds is 1. The monoisotopic (exact) mass is 310 g/mol. The summed E-state index contributed by atoms with van der Waals surface area (Å²) < 4.78 is 0. The Morgan fingerprint density at radius 1 is 1.47 bits per heavy atom. The standard InChI is InChI=1S/C9H12BrClS.CO2/c1-9(2,3)8-7(11)6(4-10)5-12-8;2-1-3/h5H,4H2,1-3H3;. The molecular weight excluding hydrogens is 300 g/mol. The molecule has 0 saturated heterocycles. The second-order valence-corrected chi connectivity index (χ2v) is 5.69. The third kappa shape index (κ3) is 4.47. The molecule has 0 aliphatic carbocycles. The van der Waals surface area contributed by atoms with Gasteiger partial charge in [-0.3, -0.25) is 0 Å². The van der Waals surface area contributed by atoms with E-state index in [1.165, 1.54) is 10.4 Å². The molecule has 0 saturated carbocycles. The fraction of sp³-hybridized carbons (Fsp3) is 0.500. The number of halogens is 2. The summed E-state index contributed by atoms with van der Waals surface area (Å²) in [7, 11) is 0. The molecule has 0 radical (unpaired) electrons. The van der Waals surface area contributed by atoms with Crippen LogP contribution in [-0.4, -0.2) is 6.15 Å². The van der Waals surface area contributed by atoms with E-state index in [-0.39, 0.29) is 11.6 Å². The highest BCUT2D eigenvalue weighted by molar-refractivity contribution is 9.08. The van der Waals surface area contributed by atoms with Gasteiger partial charge in [-0.05, 0) is 16.4 Å². The third-order valence-corrected chi connectivity index (χ3v) is 4.23. The zero-order valence-corrected chi connectivity index (χ0v) is 11.9. The summed E-state index contributed by atoms with van der Waals surface area (Å²) in [5, 5.41) is 3.90. The zero-order chi connectivity index (χ0) is 12.1. The van der Waals surface area contributed by atoms with Gasteiger partial charge in [0.25, 0.3) is 0 Å². The van der Waals surface area contributed by atoms with Crippen molar-refractivity contribution in [3.63, 3.8) is 0 Å². The molecule has 0 aromatic carbocycles. The Morgan fingerprint density at radius 2 is 1.93 bits per heavy atom. The SMILES string of the molecule is CC(C)(C)c1scc(CBr)c1Cl.O=C=O. The first-order chi connectivity index (χ1) is 6.88. The normalized spacial score (nSPS) is 10.2. The van der Waals surface area contributed by atoms with Crippen LogP contribution >= 0.6 is 38.9 Å². The maximum atomic E-state index is 8.12. The van der Waals surface area contributed by atoms with E-state index in [0.717, 1.165) is 10.4 Å². The van der Waals surface area contributed by atoms with E-state index in [1.54, 1.807) is 11.3 Å². The van der Waals surface area contributed by atoms with Crippen LogP contribution in [0.4, 0.5) is 0 Å². The van der Waals surface area contributed by atoms with Gasteiger partial charge in [0.05, 0.1) is 5.02 Å². The lowest BCUT2D eigenvalue weighted by atomic mass is 9.94. The van der Waals surface area contributed by atoms with Gasteiger partial charge >= 0.3 is 6.15 Å². The van der Waals surface area contributed by atoms with E-state index in [1.807, 2.05) is 0 Å². The average Bonchev–Trinajstić information content (AvgIpc) is 2.47. The number of hydrogen-bond acceptors (Lipinski definition) is 3. The van der Waals surface area contributed by atoms with Crippen molar-refractivity contribution < 1.29 is 9.59 Å². The van der Waals surface area contributed by atoms with Crippen molar-refractivity contribution in [2.24, 2.45) is 0 Å². The van der Waals surface area contributed by atoms with Crippen molar-refractivity contribution in [3.8, 4) is 0 Å². The Bertz CT molecular complexity index is 349. The topological polar surface area (TPSA) is 34.1 Å². The van der Waals surface area contributed by atoms with Crippen LogP contribution < -0.4 is 0 Å². The van der Waals surface area contributed by atoms with Gasteiger partial charge in [-0.2, -0.15) is 9.59 Å².